The van der Waals surface area contributed by atoms with Crippen molar-refractivity contribution in [1.82, 2.24) is 0 Å². The maximum absolute atomic E-state index is 10.9. The Labute approximate surface area is 140 Å². The fraction of sp³-hybridized carbons (Fsp3) is 0.0667. The number of nitrogens with one attached hydrogen (secondary N) is 1. The van der Waals surface area contributed by atoms with Crippen LogP contribution in [0, 0.1) is 0 Å². The minimum atomic E-state index is -0.440. The van der Waals surface area contributed by atoms with Gasteiger partial charge in [-0.1, -0.05) is 30.3 Å². The lowest BCUT2D eigenvalue weighted by atomic mass is 10.1. The number of amides is 1. The lowest BCUT2D eigenvalue weighted by Gasteiger charge is -2.05. The number of primary amides is 1. The second-order valence-electron chi connectivity index (χ2n) is 4.25. The van der Waals surface area contributed by atoms with Gasteiger partial charge in [0.05, 0.1) is 6.54 Å². The van der Waals surface area contributed by atoms with Crippen LogP contribution in [0.15, 0.2) is 59.6 Å². The van der Waals surface area contributed by atoms with E-state index in [1.54, 1.807) is 24.3 Å². The van der Waals surface area contributed by atoms with Gasteiger partial charge >= 0.3 is 0 Å². The summed E-state index contributed by atoms with van der Waals surface area (Å²) >= 11 is 0. The van der Waals surface area contributed by atoms with E-state index in [2.05, 4.69) is 10.3 Å². The molecule has 0 aromatic heterocycles. The summed E-state index contributed by atoms with van der Waals surface area (Å²) in [4.78, 5) is 15.2. The van der Waals surface area contributed by atoms with Gasteiger partial charge < -0.3 is 16.8 Å². The molecule has 5 N–H and O–H groups in total. The first-order valence-electron chi connectivity index (χ1n) is 6.16. The molecular formula is C15H17IN4O. The molecule has 2 aromatic carbocycles. The number of rotatable bonds is 4. The van der Waals surface area contributed by atoms with Crippen LogP contribution < -0.4 is 16.8 Å². The largest absolute Gasteiger partial charge is 0.370 e. The van der Waals surface area contributed by atoms with Gasteiger partial charge in [0.25, 0.3) is 0 Å². The molecule has 0 saturated heterocycles. The number of carbonyl (C=O) groups excluding carboxylic acids is 1. The van der Waals surface area contributed by atoms with Crippen LogP contribution in [0.5, 0.6) is 0 Å². The van der Waals surface area contributed by atoms with E-state index < -0.39 is 5.91 Å². The summed E-state index contributed by atoms with van der Waals surface area (Å²) in [6.45, 7) is 0.435. The van der Waals surface area contributed by atoms with E-state index in [-0.39, 0.29) is 24.0 Å². The highest BCUT2D eigenvalue weighted by Crippen LogP contribution is 2.06. The van der Waals surface area contributed by atoms with Gasteiger partial charge in [0.2, 0.25) is 5.91 Å². The van der Waals surface area contributed by atoms with Crippen molar-refractivity contribution in [2.75, 3.05) is 5.32 Å². The van der Waals surface area contributed by atoms with E-state index in [0.717, 1.165) is 11.3 Å². The van der Waals surface area contributed by atoms with Crippen LogP contribution >= 0.6 is 24.0 Å². The molecule has 0 bridgehead atoms. The molecule has 5 nitrogen and oxygen atoms in total. The minimum absolute atomic E-state index is 0. The number of nitrogens with zero attached hydrogens (tertiary/aromatic N) is 1. The van der Waals surface area contributed by atoms with Gasteiger partial charge in [0.1, 0.15) is 0 Å². The fourth-order valence-corrected chi connectivity index (χ4v) is 1.66. The number of benzene rings is 2. The standard InChI is InChI=1S/C15H16N4O.HI/c16-14(20)12-8-6-11(7-9-12)10-18-15(17)19-13-4-2-1-3-5-13;/h1-9H,10H2,(H2,16,20)(H3,17,18,19);1H. The molecule has 0 aliphatic heterocycles. The average molecular weight is 396 g/mol. The van der Waals surface area contributed by atoms with E-state index in [9.17, 15) is 4.79 Å². The summed E-state index contributed by atoms with van der Waals surface area (Å²) in [5.41, 5.74) is 13.3. The molecule has 0 spiro atoms. The zero-order valence-corrected chi connectivity index (χ0v) is 13.7. The van der Waals surface area contributed by atoms with E-state index in [1.165, 1.54) is 0 Å². The molecule has 2 rings (SSSR count). The third-order valence-electron chi connectivity index (χ3n) is 2.72. The number of hydrogen-bond donors (Lipinski definition) is 3. The Bertz CT molecular complexity index is 611. The van der Waals surface area contributed by atoms with Crippen molar-refractivity contribution in [2.24, 2.45) is 16.5 Å². The van der Waals surface area contributed by atoms with Crippen LogP contribution in [-0.2, 0) is 6.54 Å². The normalized spacial score (nSPS) is 10.6. The van der Waals surface area contributed by atoms with Crippen molar-refractivity contribution < 1.29 is 4.79 Å². The molecule has 1 amide bonds. The second kappa shape index (κ2) is 8.25. The van der Waals surface area contributed by atoms with E-state index in [0.29, 0.717) is 18.1 Å². The lowest BCUT2D eigenvalue weighted by Crippen LogP contribution is -2.22. The smallest absolute Gasteiger partial charge is 0.248 e. The van der Waals surface area contributed by atoms with Gasteiger partial charge in [-0.15, -0.1) is 24.0 Å². The van der Waals surface area contributed by atoms with Gasteiger partial charge in [0, 0.05) is 11.3 Å². The Morgan fingerprint density at radius 3 is 2.19 bits per heavy atom. The van der Waals surface area contributed by atoms with Crippen molar-refractivity contribution in [3.8, 4) is 0 Å². The quantitative estimate of drug-likeness (QED) is 0.421. The SMILES string of the molecule is I.NC(=O)c1ccc(CN=C(N)Nc2ccccc2)cc1. The fourth-order valence-electron chi connectivity index (χ4n) is 1.66. The van der Waals surface area contributed by atoms with Gasteiger partial charge in [0.15, 0.2) is 5.96 Å². The van der Waals surface area contributed by atoms with Crippen molar-refractivity contribution in [3.05, 3.63) is 65.7 Å². The highest BCUT2D eigenvalue weighted by Gasteiger charge is 1.99. The zero-order valence-electron chi connectivity index (χ0n) is 11.3. The van der Waals surface area contributed by atoms with Gasteiger partial charge in [-0.05, 0) is 29.8 Å². The Balaban J connectivity index is 0.00000220. The maximum atomic E-state index is 10.9. The first kappa shape index (κ1) is 17.0. The van der Waals surface area contributed by atoms with Gasteiger partial charge in [-0.2, -0.15) is 0 Å². The van der Waals surface area contributed by atoms with Crippen LogP contribution in [0.4, 0.5) is 5.69 Å². The molecule has 0 unspecified atom stereocenters. The molecule has 2 aromatic rings. The van der Waals surface area contributed by atoms with Crippen molar-refractivity contribution >= 4 is 41.5 Å². The maximum Gasteiger partial charge on any atom is 0.248 e. The molecule has 0 atom stereocenters. The first-order valence-corrected chi connectivity index (χ1v) is 6.16. The molecule has 6 heteroatoms. The Morgan fingerprint density at radius 2 is 1.62 bits per heavy atom. The van der Waals surface area contributed by atoms with Gasteiger partial charge in [-0.3, -0.25) is 4.79 Å². The molecule has 0 aliphatic carbocycles. The summed E-state index contributed by atoms with van der Waals surface area (Å²) < 4.78 is 0. The van der Waals surface area contributed by atoms with E-state index in [4.69, 9.17) is 11.5 Å². The zero-order chi connectivity index (χ0) is 14.4. The monoisotopic (exact) mass is 396 g/mol. The Morgan fingerprint density at radius 1 is 1.00 bits per heavy atom. The number of aliphatic imine (C=N–C) groups is 1. The predicted octanol–water partition coefficient (Wildman–Crippen LogP) is 2.33. The van der Waals surface area contributed by atoms with Crippen LogP contribution in [0.3, 0.4) is 0 Å². The van der Waals surface area contributed by atoms with Crippen LogP contribution in [0.25, 0.3) is 0 Å². The summed E-state index contributed by atoms with van der Waals surface area (Å²) in [7, 11) is 0. The number of nitrogens with two attached hydrogens (primary N) is 2. The van der Waals surface area contributed by atoms with Crippen molar-refractivity contribution in [1.29, 1.82) is 0 Å². The van der Waals surface area contributed by atoms with Gasteiger partial charge in [-0.25, -0.2) is 4.99 Å². The van der Waals surface area contributed by atoms with Crippen molar-refractivity contribution in [3.63, 3.8) is 0 Å². The minimum Gasteiger partial charge on any atom is -0.370 e. The molecule has 0 aliphatic rings. The van der Waals surface area contributed by atoms with Crippen LogP contribution in [0.1, 0.15) is 15.9 Å². The highest BCUT2D eigenvalue weighted by atomic mass is 127. The first-order chi connectivity index (χ1) is 9.65. The Kier molecular flexibility index (Phi) is 6.67. The van der Waals surface area contributed by atoms with E-state index >= 15 is 0 Å². The number of anilines is 1. The summed E-state index contributed by atoms with van der Waals surface area (Å²) in [5, 5.41) is 3.00. The summed E-state index contributed by atoms with van der Waals surface area (Å²) in [5.74, 6) is -0.0968. The van der Waals surface area contributed by atoms with Crippen molar-refractivity contribution in [2.45, 2.75) is 6.54 Å². The predicted molar refractivity (Wildman–Crippen MR) is 95.8 cm³/mol. The topological polar surface area (TPSA) is 93.5 Å². The number of halogens is 1. The third kappa shape index (κ3) is 5.42. The third-order valence-corrected chi connectivity index (χ3v) is 2.72. The molecule has 0 heterocycles. The molecule has 21 heavy (non-hydrogen) atoms. The molecule has 0 fully saturated rings. The molecule has 0 saturated carbocycles. The summed E-state index contributed by atoms with van der Waals surface area (Å²) in [6, 6.07) is 16.5. The number of guanidine groups is 1. The lowest BCUT2D eigenvalue weighted by molar-refractivity contribution is 0.100. The second-order valence-corrected chi connectivity index (χ2v) is 4.25. The molecular weight excluding hydrogens is 379 g/mol. The number of para-hydroxylation sites is 1. The highest BCUT2D eigenvalue weighted by molar-refractivity contribution is 14.0. The summed E-state index contributed by atoms with van der Waals surface area (Å²) in [6.07, 6.45) is 0. The number of hydrogen-bond acceptors (Lipinski definition) is 2. The van der Waals surface area contributed by atoms with E-state index in [1.807, 2.05) is 30.3 Å². The van der Waals surface area contributed by atoms with Crippen LogP contribution in [0.2, 0.25) is 0 Å². The Hall–Kier alpha value is -2.09. The van der Waals surface area contributed by atoms with Crippen LogP contribution in [-0.4, -0.2) is 11.9 Å². The average Bonchev–Trinajstić information content (AvgIpc) is 2.46. The number of carbonyl (C=O) groups is 1. The molecule has 110 valence electrons. The molecule has 0 radical (unpaired) electrons.